The first-order chi connectivity index (χ1) is 12.3. The van der Waals surface area contributed by atoms with Crippen molar-refractivity contribution in [1.29, 1.82) is 0 Å². The second-order valence-corrected chi connectivity index (χ2v) is 6.03. The van der Waals surface area contributed by atoms with Crippen LogP contribution in [0.1, 0.15) is 35.7 Å². The van der Waals surface area contributed by atoms with Gasteiger partial charge in [-0.05, 0) is 13.3 Å². The first-order valence-corrected chi connectivity index (χ1v) is 8.26. The molecule has 0 aliphatic carbocycles. The minimum atomic E-state index is -0.733. The Bertz CT molecular complexity index is 728. The number of nitro benzene ring substituents is 2. The van der Waals surface area contributed by atoms with Crippen molar-refractivity contribution in [2.24, 2.45) is 0 Å². The van der Waals surface area contributed by atoms with Gasteiger partial charge in [0.15, 0.2) is 0 Å². The van der Waals surface area contributed by atoms with Gasteiger partial charge in [0.2, 0.25) is 5.91 Å². The fourth-order valence-electron chi connectivity index (χ4n) is 2.96. The molecular weight excluding hydrogens is 344 g/mol. The van der Waals surface area contributed by atoms with E-state index in [2.05, 4.69) is 0 Å². The van der Waals surface area contributed by atoms with Gasteiger partial charge in [-0.3, -0.25) is 29.8 Å². The molecule has 1 saturated heterocycles. The molecule has 1 fully saturated rings. The van der Waals surface area contributed by atoms with Crippen LogP contribution < -0.4 is 0 Å². The van der Waals surface area contributed by atoms with Crippen LogP contribution in [0.25, 0.3) is 0 Å². The molecule has 26 heavy (non-hydrogen) atoms. The lowest BCUT2D eigenvalue weighted by molar-refractivity contribution is -0.395. The van der Waals surface area contributed by atoms with Gasteiger partial charge >= 0.3 is 0 Å². The maximum Gasteiger partial charge on any atom is 0.279 e. The van der Waals surface area contributed by atoms with Crippen LogP contribution in [0, 0.1) is 27.2 Å². The van der Waals surface area contributed by atoms with Gasteiger partial charge in [-0.15, -0.1) is 0 Å². The van der Waals surface area contributed by atoms with Crippen LogP contribution in [0.4, 0.5) is 11.4 Å². The second-order valence-electron chi connectivity index (χ2n) is 6.03. The molecular formula is C16H20N4O6. The summed E-state index contributed by atoms with van der Waals surface area (Å²) in [5.74, 6) is -0.511. The van der Waals surface area contributed by atoms with Crippen LogP contribution >= 0.6 is 0 Å². The monoisotopic (exact) mass is 364 g/mol. The first kappa shape index (κ1) is 19.3. The molecule has 0 unspecified atom stereocenters. The predicted octanol–water partition coefficient (Wildman–Crippen LogP) is 1.90. The van der Waals surface area contributed by atoms with Crippen molar-refractivity contribution in [2.45, 2.75) is 26.7 Å². The lowest BCUT2D eigenvalue weighted by Crippen LogP contribution is -2.37. The van der Waals surface area contributed by atoms with Gasteiger partial charge in [0.1, 0.15) is 5.56 Å². The van der Waals surface area contributed by atoms with Crippen LogP contribution in [-0.4, -0.2) is 57.6 Å². The molecule has 1 aliphatic heterocycles. The van der Waals surface area contributed by atoms with Crippen LogP contribution in [0.15, 0.2) is 12.1 Å². The molecule has 1 aromatic rings. The molecule has 0 N–H and O–H groups in total. The summed E-state index contributed by atoms with van der Waals surface area (Å²) >= 11 is 0. The topological polar surface area (TPSA) is 127 Å². The van der Waals surface area contributed by atoms with E-state index in [4.69, 9.17) is 0 Å². The molecule has 0 radical (unpaired) electrons. The Labute approximate surface area is 149 Å². The summed E-state index contributed by atoms with van der Waals surface area (Å²) in [6.07, 6.45) is 0.956. The number of amides is 2. The van der Waals surface area contributed by atoms with Crippen molar-refractivity contribution >= 4 is 23.2 Å². The van der Waals surface area contributed by atoms with Gasteiger partial charge in [0, 0.05) is 44.7 Å². The molecule has 10 heteroatoms. The van der Waals surface area contributed by atoms with Crippen molar-refractivity contribution in [3.8, 4) is 0 Å². The van der Waals surface area contributed by atoms with Gasteiger partial charge in [-0.1, -0.05) is 6.92 Å². The minimum Gasteiger partial charge on any atom is -0.341 e. The highest BCUT2D eigenvalue weighted by Crippen LogP contribution is 2.30. The molecule has 2 amide bonds. The van der Waals surface area contributed by atoms with Crippen LogP contribution in [0.5, 0.6) is 0 Å². The lowest BCUT2D eigenvalue weighted by atomic mass is 10.1. The molecule has 1 aromatic carbocycles. The summed E-state index contributed by atoms with van der Waals surface area (Å²) in [5.41, 5.74) is -1.10. The average Bonchev–Trinajstić information content (AvgIpc) is 2.86. The van der Waals surface area contributed by atoms with Crippen molar-refractivity contribution in [3.05, 3.63) is 43.5 Å². The molecule has 10 nitrogen and oxygen atoms in total. The number of carbonyl (C=O) groups is 2. The Morgan fingerprint density at radius 2 is 1.50 bits per heavy atom. The molecule has 0 bridgehead atoms. The third kappa shape index (κ3) is 3.95. The van der Waals surface area contributed by atoms with Crippen molar-refractivity contribution in [1.82, 2.24) is 9.80 Å². The van der Waals surface area contributed by atoms with E-state index in [9.17, 15) is 29.8 Å². The third-order valence-corrected chi connectivity index (χ3v) is 4.43. The van der Waals surface area contributed by atoms with E-state index in [0.29, 0.717) is 32.5 Å². The van der Waals surface area contributed by atoms with E-state index in [1.807, 2.05) is 0 Å². The van der Waals surface area contributed by atoms with Crippen molar-refractivity contribution in [3.63, 3.8) is 0 Å². The molecule has 0 saturated carbocycles. The lowest BCUT2D eigenvalue weighted by Gasteiger charge is -2.22. The Balaban J connectivity index is 2.30. The Kier molecular flexibility index (Phi) is 5.86. The van der Waals surface area contributed by atoms with E-state index < -0.39 is 27.1 Å². The maximum absolute atomic E-state index is 12.7. The van der Waals surface area contributed by atoms with Gasteiger partial charge < -0.3 is 9.80 Å². The highest BCUT2D eigenvalue weighted by atomic mass is 16.6. The zero-order valence-electron chi connectivity index (χ0n) is 14.6. The van der Waals surface area contributed by atoms with E-state index >= 15 is 0 Å². The number of rotatable bonds is 4. The van der Waals surface area contributed by atoms with Gasteiger partial charge in [0.05, 0.1) is 15.4 Å². The van der Waals surface area contributed by atoms with Crippen molar-refractivity contribution < 1.29 is 19.4 Å². The molecule has 140 valence electrons. The predicted molar refractivity (Wildman–Crippen MR) is 91.9 cm³/mol. The van der Waals surface area contributed by atoms with E-state index in [0.717, 1.165) is 12.1 Å². The van der Waals surface area contributed by atoms with Crippen LogP contribution in [0.2, 0.25) is 0 Å². The Morgan fingerprint density at radius 1 is 1.00 bits per heavy atom. The normalized spacial score (nSPS) is 14.7. The SMILES string of the molecule is CCC(=O)N1CCCN(C(=O)c2cc([N+](=O)[O-])c(C)c([N+](=O)[O-])c2)CC1. The molecule has 1 heterocycles. The number of hydrogen-bond donors (Lipinski definition) is 0. The summed E-state index contributed by atoms with van der Waals surface area (Å²) in [5, 5.41) is 22.3. The fourth-order valence-corrected chi connectivity index (χ4v) is 2.96. The van der Waals surface area contributed by atoms with Gasteiger partial charge in [-0.2, -0.15) is 0 Å². The fraction of sp³-hybridized carbons (Fsp3) is 0.500. The molecule has 0 spiro atoms. The zero-order chi connectivity index (χ0) is 19.4. The largest absolute Gasteiger partial charge is 0.341 e. The first-order valence-electron chi connectivity index (χ1n) is 8.26. The van der Waals surface area contributed by atoms with Gasteiger partial charge in [-0.25, -0.2) is 0 Å². The number of benzene rings is 1. The molecule has 0 atom stereocenters. The highest BCUT2D eigenvalue weighted by Gasteiger charge is 2.28. The van der Waals surface area contributed by atoms with Crippen LogP contribution in [0.3, 0.4) is 0 Å². The molecule has 0 aromatic heterocycles. The Hall–Kier alpha value is -3.04. The summed E-state index contributed by atoms with van der Waals surface area (Å²) < 4.78 is 0. The zero-order valence-corrected chi connectivity index (χ0v) is 14.6. The number of nitro groups is 2. The minimum absolute atomic E-state index is 0.000843. The quantitative estimate of drug-likeness (QED) is 0.593. The average molecular weight is 364 g/mol. The standard InChI is InChI=1S/C16H20N4O6/c1-3-15(21)17-5-4-6-18(8-7-17)16(22)12-9-13(19(23)24)11(2)14(10-12)20(25)26/h9-10H,3-8H2,1-2H3. The van der Waals surface area contributed by atoms with E-state index in [-0.39, 0.29) is 23.6 Å². The summed E-state index contributed by atoms with van der Waals surface area (Å²) in [6.45, 7) is 4.60. The number of nitrogens with zero attached hydrogens (tertiary/aromatic N) is 4. The summed E-state index contributed by atoms with van der Waals surface area (Å²) in [6, 6.07) is 2.15. The second kappa shape index (κ2) is 7.89. The Morgan fingerprint density at radius 3 is 2.00 bits per heavy atom. The van der Waals surface area contributed by atoms with E-state index in [1.165, 1.54) is 11.8 Å². The van der Waals surface area contributed by atoms with E-state index in [1.54, 1.807) is 11.8 Å². The summed E-state index contributed by atoms with van der Waals surface area (Å²) in [4.78, 5) is 48.6. The van der Waals surface area contributed by atoms with Gasteiger partial charge in [0.25, 0.3) is 17.3 Å². The maximum atomic E-state index is 12.7. The highest BCUT2D eigenvalue weighted by molar-refractivity contribution is 5.96. The van der Waals surface area contributed by atoms with Crippen molar-refractivity contribution in [2.75, 3.05) is 26.2 Å². The smallest absolute Gasteiger partial charge is 0.279 e. The number of hydrogen-bond acceptors (Lipinski definition) is 6. The molecule has 1 aliphatic rings. The third-order valence-electron chi connectivity index (χ3n) is 4.43. The summed E-state index contributed by atoms with van der Waals surface area (Å²) in [7, 11) is 0. The molecule has 2 rings (SSSR count). The number of carbonyl (C=O) groups excluding carboxylic acids is 2. The van der Waals surface area contributed by atoms with Crippen LogP contribution in [-0.2, 0) is 4.79 Å².